The van der Waals surface area contributed by atoms with Crippen LogP contribution in [-0.2, 0) is 11.3 Å². The third-order valence-corrected chi connectivity index (χ3v) is 3.74. The molecule has 1 aliphatic carbocycles. The molecule has 1 N–H and O–H groups in total. The number of carboxylic acids is 1. The average Bonchev–Trinajstić information content (AvgIpc) is 2.91. The number of hydrogen-bond acceptors (Lipinski definition) is 3. The molecule has 0 spiro atoms. The Morgan fingerprint density at radius 2 is 2.15 bits per heavy atom. The molecule has 0 amide bonds. The monoisotopic (exact) mass is 276 g/mol. The summed E-state index contributed by atoms with van der Waals surface area (Å²) in [5.41, 5.74) is 0.959. The van der Waals surface area contributed by atoms with Crippen molar-refractivity contribution < 1.29 is 14.3 Å². The highest BCUT2D eigenvalue weighted by Gasteiger charge is 2.25. The Labute approximate surface area is 117 Å². The summed E-state index contributed by atoms with van der Waals surface area (Å²) < 4.78 is 13.3. The fourth-order valence-corrected chi connectivity index (χ4v) is 2.78. The minimum absolute atomic E-state index is 0.0773. The van der Waals surface area contributed by atoms with Crippen LogP contribution >= 0.6 is 0 Å². The van der Waals surface area contributed by atoms with Gasteiger partial charge in [0, 0.05) is 12.6 Å². The first-order chi connectivity index (χ1) is 9.60. The third kappa shape index (κ3) is 3.55. The molecule has 0 aliphatic heterocycles. The van der Waals surface area contributed by atoms with Crippen LogP contribution < -0.4 is 0 Å². The molecule has 0 saturated heterocycles. The van der Waals surface area contributed by atoms with Crippen molar-refractivity contribution >= 4 is 5.97 Å². The van der Waals surface area contributed by atoms with Gasteiger partial charge < -0.3 is 5.11 Å². The Morgan fingerprint density at radius 1 is 1.45 bits per heavy atom. The fourth-order valence-electron chi connectivity index (χ4n) is 2.78. The van der Waals surface area contributed by atoms with Gasteiger partial charge in [-0.2, -0.15) is 5.26 Å². The Balaban J connectivity index is 2.20. The van der Waals surface area contributed by atoms with E-state index in [9.17, 15) is 9.18 Å². The summed E-state index contributed by atoms with van der Waals surface area (Å²) in [6.45, 7) is 0.226. The zero-order valence-electron chi connectivity index (χ0n) is 11.2. The lowest BCUT2D eigenvalue weighted by Gasteiger charge is -2.27. The molecule has 0 atom stereocenters. The molecule has 2 rings (SSSR count). The topological polar surface area (TPSA) is 64.3 Å². The summed E-state index contributed by atoms with van der Waals surface area (Å²) in [5.74, 6) is -1.30. The number of nitriles is 1. The van der Waals surface area contributed by atoms with Crippen molar-refractivity contribution in [2.45, 2.75) is 38.3 Å². The number of rotatable bonds is 5. The van der Waals surface area contributed by atoms with E-state index in [0.717, 1.165) is 25.7 Å². The molecule has 0 aromatic heterocycles. The molecule has 4 nitrogen and oxygen atoms in total. The summed E-state index contributed by atoms with van der Waals surface area (Å²) in [6.07, 6.45) is 4.11. The number of benzene rings is 1. The van der Waals surface area contributed by atoms with Gasteiger partial charge in [0.2, 0.25) is 0 Å². The first-order valence-electron chi connectivity index (χ1n) is 6.74. The molecule has 20 heavy (non-hydrogen) atoms. The van der Waals surface area contributed by atoms with Crippen molar-refractivity contribution in [1.82, 2.24) is 4.90 Å². The van der Waals surface area contributed by atoms with Crippen LogP contribution in [0.15, 0.2) is 18.2 Å². The highest BCUT2D eigenvalue weighted by Crippen LogP contribution is 2.25. The van der Waals surface area contributed by atoms with Gasteiger partial charge in [-0.3, -0.25) is 9.69 Å². The van der Waals surface area contributed by atoms with E-state index in [4.69, 9.17) is 10.4 Å². The molecule has 0 unspecified atom stereocenters. The molecule has 0 bridgehead atoms. The first kappa shape index (κ1) is 14.5. The van der Waals surface area contributed by atoms with E-state index in [2.05, 4.69) is 0 Å². The maximum atomic E-state index is 13.3. The van der Waals surface area contributed by atoms with E-state index in [1.54, 1.807) is 0 Å². The number of carbonyl (C=O) groups is 1. The van der Waals surface area contributed by atoms with E-state index in [1.807, 2.05) is 11.0 Å². The van der Waals surface area contributed by atoms with Crippen LogP contribution in [0.2, 0.25) is 0 Å². The van der Waals surface area contributed by atoms with Gasteiger partial charge in [0.05, 0.1) is 18.2 Å². The highest BCUT2D eigenvalue weighted by molar-refractivity contribution is 5.69. The van der Waals surface area contributed by atoms with Gasteiger partial charge in [-0.15, -0.1) is 0 Å². The molecule has 1 saturated carbocycles. The second-order valence-electron chi connectivity index (χ2n) is 5.15. The van der Waals surface area contributed by atoms with Crippen molar-refractivity contribution in [1.29, 1.82) is 5.26 Å². The van der Waals surface area contributed by atoms with Crippen LogP contribution in [0.4, 0.5) is 4.39 Å². The number of halogens is 1. The zero-order chi connectivity index (χ0) is 14.5. The van der Waals surface area contributed by atoms with Crippen LogP contribution in [0.25, 0.3) is 0 Å². The van der Waals surface area contributed by atoms with Crippen LogP contribution in [0.1, 0.15) is 36.8 Å². The Morgan fingerprint density at radius 3 is 2.75 bits per heavy atom. The number of aliphatic carboxylic acids is 1. The number of nitrogens with zero attached hydrogens (tertiary/aromatic N) is 2. The minimum Gasteiger partial charge on any atom is -0.480 e. The zero-order valence-corrected chi connectivity index (χ0v) is 11.2. The van der Waals surface area contributed by atoms with E-state index in [0.29, 0.717) is 17.7 Å². The van der Waals surface area contributed by atoms with E-state index >= 15 is 0 Å². The van der Waals surface area contributed by atoms with Gasteiger partial charge in [-0.1, -0.05) is 12.8 Å². The van der Waals surface area contributed by atoms with Gasteiger partial charge in [0.1, 0.15) is 5.82 Å². The molecule has 106 valence electrons. The SMILES string of the molecule is N#Cc1ccc(F)cc1CN(CC(=O)O)C1CCCC1. The maximum Gasteiger partial charge on any atom is 0.317 e. The second-order valence-corrected chi connectivity index (χ2v) is 5.15. The van der Waals surface area contributed by atoms with Gasteiger partial charge in [0.25, 0.3) is 0 Å². The third-order valence-electron chi connectivity index (χ3n) is 3.74. The average molecular weight is 276 g/mol. The molecule has 5 heteroatoms. The molecule has 0 radical (unpaired) electrons. The quantitative estimate of drug-likeness (QED) is 0.897. The predicted molar refractivity (Wildman–Crippen MR) is 71.4 cm³/mol. The standard InChI is InChI=1S/C15H17FN2O2/c16-13-6-5-11(8-17)12(7-13)9-18(10-15(19)20)14-3-1-2-4-14/h5-7,14H,1-4,9-10H2,(H,19,20). The summed E-state index contributed by atoms with van der Waals surface area (Å²) in [7, 11) is 0. The van der Waals surface area contributed by atoms with Gasteiger partial charge in [-0.05, 0) is 36.6 Å². The van der Waals surface area contributed by atoms with Crippen molar-refractivity contribution in [3.8, 4) is 6.07 Å². The van der Waals surface area contributed by atoms with Crippen molar-refractivity contribution in [2.75, 3.05) is 6.54 Å². The van der Waals surface area contributed by atoms with Crippen molar-refractivity contribution in [3.05, 3.63) is 35.1 Å². The van der Waals surface area contributed by atoms with E-state index < -0.39 is 11.8 Å². The largest absolute Gasteiger partial charge is 0.480 e. The predicted octanol–water partition coefficient (Wildman–Crippen LogP) is 2.53. The van der Waals surface area contributed by atoms with Crippen LogP contribution in [0.3, 0.4) is 0 Å². The van der Waals surface area contributed by atoms with E-state index in [1.165, 1.54) is 18.2 Å². The summed E-state index contributed by atoms with van der Waals surface area (Å²) in [5, 5.41) is 18.1. The molecular formula is C15H17FN2O2. The fraction of sp³-hybridized carbons (Fsp3) is 0.467. The molecule has 1 fully saturated rings. The summed E-state index contributed by atoms with van der Waals surface area (Å²) >= 11 is 0. The molecule has 0 heterocycles. The lowest BCUT2D eigenvalue weighted by atomic mass is 10.1. The van der Waals surface area contributed by atoms with Crippen LogP contribution in [-0.4, -0.2) is 28.6 Å². The van der Waals surface area contributed by atoms with Gasteiger partial charge >= 0.3 is 5.97 Å². The molecular weight excluding hydrogens is 259 g/mol. The Bertz CT molecular complexity index is 533. The Hall–Kier alpha value is -1.93. The minimum atomic E-state index is -0.896. The lowest BCUT2D eigenvalue weighted by molar-refractivity contribution is -0.139. The molecule has 1 aromatic carbocycles. The van der Waals surface area contributed by atoms with Crippen LogP contribution in [0.5, 0.6) is 0 Å². The van der Waals surface area contributed by atoms with Gasteiger partial charge in [-0.25, -0.2) is 4.39 Å². The second kappa shape index (κ2) is 6.49. The Kier molecular flexibility index (Phi) is 4.70. The number of carboxylic acid groups (broad SMARTS) is 1. The summed E-state index contributed by atoms with van der Waals surface area (Å²) in [6, 6.07) is 6.25. The van der Waals surface area contributed by atoms with Crippen molar-refractivity contribution in [3.63, 3.8) is 0 Å². The smallest absolute Gasteiger partial charge is 0.317 e. The van der Waals surface area contributed by atoms with E-state index in [-0.39, 0.29) is 12.6 Å². The normalized spacial score (nSPS) is 15.4. The molecule has 1 aromatic rings. The summed E-state index contributed by atoms with van der Waals surface area (Å²) in [4.78, 5) is 12.8. The lowest BCUT2D eigenvalue weighted by Crippen LogP contribution is -2.37. The van der Waals surface area contributed by atoms with Crippen LogP contribution in [0, 0.1) is 17.1 Å². The van der Waals surface area contributed by atoms with Gasteiger partial charge in [0.15, 0.2) is 0 Å². The first-order valence-corrected chi connectivity index (χ1v) is 6.74. The van der Waals surface area contributed by atoms with Crippen molar-refractivity contribution in [2.24, 2.45) is 0 Å². The maximum absolute atomic E-state index is 13.3. The molecule has 1 aliphatic rings. The number of hydrogen-bond donors (Lipinski definition) is 1. The highest BCUT2D eigenvalue weighted by atomic mass is 19.1.